The highest BCUT2D eigenvalue weighted by molar-refractivity contribution is 5.99. The van der Waals surface area contributed by atoms with Crippen LogP contribution in [0.3, 0.4) is 0 Å². The van der Waals surface area contributed by atoms with Crippen molar-refractivity contribution in [3.8, 4) is 0 Å². The number of hydrogen-bond acceptors (Lipinski definition) is 13. The van der Waals surface area contributed by atoms with Gasteiger partial charge < -0.3 is 53.2 Å². The smallest absolute Gasteiger partial charge is 0.306 e. The van der Waals surface area contributed by atoms with Gasteiger partial charge in [-0.15, -0.1) is 0 Å². The number of nitrogens with zero attached hydrogens (tertiary/aromatic N) is 1. The van der Waals surface area contributed by atoms with Crippen molar-refractivity contribution >= 4 is 17.4 Å². The molecule has 0 aromatic heterocycles. The second kappa shape index (κ2) is 20.1. The van der Waals surface area contributed by atoms with Crippen LogP contribution in [0, 0.1) is 41.3 Å². The van der Waals surface area contributed by atoms with Crippen molar-refractivity contribution in [2.75, 3.05) is 40.7 Å². The highest BCUT2D eigenvalue weighted by Crippen LogP contribution is 2.57. The van der Waals surface area contributed by atoms with E-state index in [9.17, 15) is 14.3 Å². The van der Waals surface area contributed by atoms with E-state index < -0.39 is 66.6 Å². The van der Waals surface area contributed by atoms with E-state index in [0.717, 1.165) is 19.3 Å². The van der Waals surface area contributed by atoms with Crippen LogP contribution in [0.5, 0.6) is 0 Å². The van der Waals surface area contributed by atoms with Crippen LogP contribution in [-0.2, 0) is 47.5 Å². The van der Waals surface area contributed by atoms with E-state index in [1.165, 1.54) is 12.1 Å². The minimum absolute atomic E-state index is 0.0281. The molecule has 6 aliphatic rings. The maximum atomic E-state index is 15.1. The maximum absolute atomic E-state index is 15.1. The summed E-state index contributed by atoms with van der Waals surface area (Å²) in [5.41, 5.74) is 1.09. The number of halogens is 1. The van der Waals surface area contributed by atoms with Crippen molar-refractivity contribution < 1.29 is 57.0 Å². The Kier molecular flexibility index (Phi) is 15.3. The van der Waals surface area contributed by atoms with Crippen LogP contribution in [-0.4, -0.2) is 137 Å². The van der Waals surface area contributed by atoms with Crippen molar-refractivity contribution in [1.82, 2.24) is 4.90 Å². The molecule has 14 heteroatoms. The fraction of sp³-hybridized carbons (Fsp3) is 0.787. The third-order valence-electron chi connectivity index (χ3n) is 15.1. The molecule has 2 N–H and O–H groups in total. The van der Waals surface area contributed by atoms with Crippen molar-refractivity contribution in [2.45, 2.75) is 165 Å². The van der Waals surface area contributed by atoms with Gasteiger partial charge in [0.1, 0.15) is 30.2 Å². The third kappa shape index (κ3) is 9.78. The topological polar surface area (TPSA) is 143 Å². The van der Waals surface area contributed by atoms with Crippen molar-refractivity contribution in [3.05, 3.63) is 41.7 Å². The number of rotatable bonds is 11. The van der Waals surface area contributed by atoms with Gasteiger partial charge in [-0.1, -0.05) is 26.0 Å². The SMILES string of the molecule is CC[C@H]1CCC[C@H](O[C@H]2CC[C@H](N(C)C)C(C)O2)[C@@H](C)C(=O)C2=C[C@H]3[C@@H]4C[C@H](O[C@@H]5OC(C)[C@H](OC)C(OC)[C@@H]5OC)C[C@H]4[C@H](Nc4cccc(F)c4)[C@@H](O)[C@H]3[C@@H]2CC(=O)O1. The quantitative estimate of drug-likeness (QED) is 0.255. The molecule has 7 rings (SSSR count). The molecular weight excluding hydrogens is 788 g/mol. The normalized spacial score (nSPS) is 43.3. The second-order valence-corrected chi connectivity index (χ2v) is 18.8. The Bertz CT molecular complexity index is 1680. The zero-order valence-corrected chi connectivity index (χ0v) is 37.6. The first kappa shape index (κ1) is 46.5. The molecule has 0 bridgehead atoms. The van der Waals surface area contributed by atoms with Gasteiger partial charge in [-0.05, 0) is 121 Å². The summed E-state index contributed by atoms with van der Waals surface area (Å²) in [5.74, 6) is -2.88. The number of esters is 1. The predicted octanol–water partition coefficient (Wildman–Crippen LogP) is 5.91. The van der Waals surface area contributed by atoms with Crippen molar-refractivity contribution in [1.29, 1.82) is 0 Å². The summed E-state index contributed by atoms with van der Waals surface area (Å²) in [7, 11) is 8.97. The van der Waals surface area contributed by atoms with Gasteiger partial charge in [0.05, 0.1) is 43.0 Å². The van der Waals surface area contributed by atoms with Crippen LogP contribution in [0.15, 0.2) is 35.9 Å². The van der Waals surface area contributed by atoms with E-state index in [1.807, 2.05) is 20.8 Å². The molecular formula is C47H71FN2O11. The molecule has 0 spiro atoms. The van der Waals surface area contributed by atoms with Gasteiger partial charge >= 0.3 is 5.97 Å². The van der Waals surface area contributed by atoms with Crippen LogP contribution in [0.4, 0.5) is 10.1 Å². The number of methoxy groups -OCH3 is 3. The second-order valence-electron chi connectivity index (χ2n) is 18.8. The van der Waals surface area contributed by atoms with Crippen LogP contribution in [0.2, 0.25) is 0 Å². The summed E-state index contributed by atoms with van der Waals surface area (Å²) in [6.45, 7) is 7.96. The fourth-order valence-electron chi connectivity index (χ4n) is 12.0. The molecule has 3 unspecified atom stereocenters. The number of fused-ring (bicyclic) bond motifs is 5. The van der Waals surface area contributed by atoms with E-state index >= 15 is 4.79 Å². The van der Waals surface area contributed by atoms with Crippen molar-refractivity contribution in [2.24, 2.45) is 35.5 Å². The Morgan fingerprint density at radius 2 is 1.64 bits per heavy atom. The molecule has 3 heterocycles. The number of benzene rings is 1. The first-order valence-corrected chi connectivity index (χ1v) is 22.8. The number of ketones is 1. The average Bonchev–Trinajstić information content (AvgIpc) is 3.82. The average molecular weight is 859 g/mol. The summed E-state index contributed by atoms with van der Waals surface area (Å²) in [4.78, 5) is 31.1. The number of likely N-dealkylation sites (N-methyl/N-ethyl adjacent to an activating group) is 1. The Morgan fingerprint density at radius 3 is 2.31 bits per heavy atom. The number of Topliss-reactive ketones (excluding diaryl/α,β-unsaturated/α-hetero) is 1. The molecule has 342 valence electrons. The largest absolute Gasteiger partial charge is 0.462 e. The number of aliphatic hydroxyl groups excluding tert-OH is 1. The maximum Gasteiger partial charge on any atom is 0.306 e. The Hall–Kier alpha value is -2.53. The van der Waals surface area contributed by atoms with Crippen LogP contribution >= 0.6 is 0 Å². The Balaban J connectivity index is 1.20. The molecule has 1 aromatic rings. The van der Waals surface area contributed by atoms with Gasteiger partial charge in [-0.25, -0.2) is 4.39 Å². The lowest BCUT2D eigenvalue weighted by molar-refractivity contribution is -0.314. The van der Waals surface area contributed by atoms with Gasteiger partial charge in [-0.3, -0.25) is 9.59 Å². The van der Waals surface area contributed by atoms with Gasteiger partial charge in [0.25, 0.3) is 0 Å². The lowest BCUT2D eigenvalue weighted by Crippen LogP contribution is -2.59. The number of hydrogen-bond donors (Lipinski definition) is 2. The standard InChI is InChI=1S/C47H71FN2O11/c1-10-29-15-12-16-37(61-39-18-17-36(50(5)6)25(3)57-39)24(2)42(52)35-22-32-31-20-30(60-47-46(56-9)45(55-8)44(54-7)26(4)58-47)21-34(31)41(49-28-14-11-13-27(48)19-28)43(53)40(32)33(35)23-38(51)59-29/h11,13-14,19,22,24-26,29-34,36-37,39-41,43-47,49,53H,10,12,15-18,20-21,23H2,1-9H3/t24-,25?,26?,29+,30+,31+,32+,33-,34-,36+,37+,39+,40-,41+,43+,44+,45?,46+,47+/m1/s1. The lowest BCUT2D eigenvalue weighted by atomic mass is 9.62. The lowest BCUT2D eigenvalue weighted by Gasteiger charge is -2.47. The van der Waals surface area contributed by atoms with E-state index in [-0.39, 0.29) is 72.5 Å². The molecule has 2 saturated carbocycles. The molecule has 3 aliphatic carbocycles. The first-order valence-electron chi connectivity index (χ1n) is 22.8. The van der Waals surface area contributed by atoms with Crippen molar-refractivity contribution in [3.63, 3.8) is 0 Å². The molecule has 13 nitrogen and oxygen atoms in total. The number of allylic oxidation sites excluding steroid dienone is 2. The minimum atomic E-state index is -0.996. The molecule has 0 amide bonds. The highest BCUT2D eigenvalue weighted by atomic mass is 19.1. The molecule has 3 saturated heterocycles. The summed E-state index contributed by atoms with van der Waals surface area (Å²) >= 11 is 0. The summed E-state index contributed by atoms with van der Waals surface area (Å²) in [5, 5.41) is 16.2. The zero-order chi connectivity index (χ0) is 43.7. The Morgan fingerprint density at radius 1 is 0.902 bits per heavy atom. The number of anilines is 1. The monoisotopic (exact) mass is 859 g/mol. The highest BCUT2D eigenvalue weighted by Gasteiger charge is 2.60. The van der Waals surface area contributed by atoms with E-state index in [2.05, 4.69) is 37.3 Å². The van der Waals surface area contributed by atoms with Gasteiger partial charge in [0.2, 0.25) is 0 Å². The van der Waals surface area contributed by atoms with E-state index in [1.54, 1.807) is 33.5 Å². The summed E-state index contributed by atoms with van der Waals surface area (Å²) < 4.78 is 64.6. The van der Waals surface area contributed by atoms with Crippen LogP contribution < -0.4 is 5.32 Å². The van der Waals surface area contributed by atoms with E-state index in [4.69, 9.17) is 37.9 Å². The van der Waals surface area contributed by atoms with Gasteiger partial charge in [-0.2, -0.15) is 0 Å². The molecule has 3 aliphatic heterocycles. The zero-order valence-electron chi connectivity index (χ0n) is 37.6. The summed E-state index contributed by atoms with van der Waals surface area (Å²) in [6, 6.07) is 5.98. The fourth-order valence-corrected chi connectivity index (χ4v) is 12.0. The van der Waals surface area contributed by atoms with Crippen LogP contribution in [0.1, 0.15) is 85.5 Å². The number of cyclic esters (lactones) is 1. The third-order valence-corrected chi connectivity index (χ3v) is 15.1. The molecule has 1 aromatic carbocycles. The predicted molar refractivity (Wildman–Crippen MR) is 225 cm³/mol. The van der Waals surface area contributed by atoms with Gasteiger partial charge in [0.15, 0.2) is 18.4 Å². The van der Waals surface area contributed by atoms with Gasteiger partial charge in [0, 0.05) is 50.8 Å². The number of ether oxygens (including phenoxy) is 8. The number of aliphatic hydroxyl groups is 1. The molecule has 5 fully saturated rings. The minimum Gasteiger partial charge on any atom is -0.462 e. The molecule has 19 atom stereocenters. The van der Waals surface area contributed by atoms with E-state index in [0.29, 0.717) is 43.4 Å². The number of carbonyl (C=O) groups excluding carboxylic acids is 2. The Labute approximate surface area is 361 Å². The first-order chi connectivity index (χ1) is 29.3. The molecule has 61 heavy (non-hydrogen) atoms. The van der Waals surface area contributed by atoms with Crippen LogP contribution in [0.25, 0.3) is 0 Å². The molecule has 0 radical (unpaired) electrons. The summed E-state index contributed by atoms with van der Waals surface area (Å²) in [6.07, 6.45) is 2.61. The number of carbonyl (C=O) groups is 2. The number of nitrogens with one attached hydrogen (secondary N) is 1.